The van der Waals surface area contributed by atoms with E-state index >= 15 is 0 Å². The number of aromatic hydroxyl groups is 1. The SMILES string of the molecule is CCCN1C(=O)C(=O)/C(=C(\O)c2cccc(Cl)c2)C1c1cccc(O)c1. The van der Waals surface area contributed by atoms with E-state index in [4.69, 9.17) is 11.6 Å². The zero-order valence-corrected chi connectivity index (χ0v) is 14.9. The first-order valence-electron chi connectivity index (χ1n) is 8.27. The fourth-order valence-corrected chi connectivity index (χ4v) is 3.37. The molecule has 0 saturated carbocycles. The van der Waals surface area contributed by atoms with Crippen LogP contribution in [0.25, 0.3) is 5.76 Å². The van der Waals surface area contributed by atoms with Crippen molar-refractivity contribution >= 4 is 29.1 Å². The van der Waals surface area contributed by atoms with Gasteiger partial charge < -0.3 is 15.1 Å². The van der Waals surface area contributed by atoms with Gasteiger partial charge in [0.1, 0.15) is 11.5 Å². The minimum atomic E-state index is -0.763. The molecule has 0 aromatic heterocycles. The van der Waals surface area contributed by atoms with E-state index in [0.29, 0.717) is 29.1 Å². The van der Waals surface area contributed by atoms with Crippen LogP contribution in [0.5, 0.6) is 5.75 Å². The molecule has 1 aliphatic rings. The zero-order chi connectivity index (χ0) is 18.8. The van der Waals surface area contributed by atoms with E-state index in [0.717, 1.165) is 0 Å². The molecular weight excluding hydrogens is 354 g/mol. The van der Waals surface area contributed by atoms with Crippen molar-refractivity contribution in [3.05, 3.63) is 70.3 Å². The summed E-state index contributed by atoms with van der Waals surface area (Å²) in [6, 6.07) is 12.0. The Hall–Kier alpha value is -2.79. The molecule has 2 N–H and O–H groups in total. The normalized spacial score (nSPS) is 19.2. The number of amides is 1. The molecule has 26 heavy (non-hydrogen) atoms. The molecule has 1 fully saturated rings. The maximum absolute atomic E-state index is 12.7. The summed E-state index contributed by atoms with van der Waals surface area (Å²) < 4.78 is 0. The Morgan fingerprint density at radius 1 is 1.15 bits per heavy atom. The Morgan fingerprint density at radius 3 is 2.54 bits per heavy atom. The predicted molar refractivity (Wildman–Crippen MR) is 98.9 cm³/mol. The summed E-state index contributed by atoms with van der Waals surface area (Å²) in [7, 11) is 0. The topological polar surface area (TPSA) is 77.8 Å². The number of aliphatic hydroxyl groups excluding tert-OH is 1. The highest BCUT2D eigenvalue weighted by Crippen LogP contribution is 2.40. The van der Waals surface area contributed by atoms with Crippen molar-refractivity contribution in [1.82, 2.24) is 4.90 Å². The second-order valence-corrected chi connectivity index (χ2v) is 6.53. The summed E-state index contributed by atoms with van der Waals surface area (Å²) >= 11 is 5.98. The van der Waals surface area contributed by atoms with E-state index in [-0.39, 0.29) is 17.1 Å². The van der Waals surface area contributed by atoms with Crippen LogP contribution < -0.4 is 0 Å². The molecular formula is C20H18ClNO4. The lowest BCUT2D eigenvalue weighted by atomic mass is 9.95. The minimum Gasteiger partial charge on any atom is -0.508 e. The molecule has 0 radical (unpaired) electrons. The van der Waals surface area contributed by atoms with E-state index in [2.05, 4.69) is 0 Å². The molecule has 5 nitrogen and oxygen atoms in total. The monoisotopic (exact) mass is 371 g/mol. The number of hydrogen-bond donors (Lipinski definition) is 2. The summed E-state index contributed by atoms with van der Waals surface area (Å²) in [4.78, 5) is 26.6. The number of aliphatic hydroxyl groups is 1. The van der Waals surface area contributed by atoms with E-state index in [1.54, 1.807) is 30.3 Å². The van der Waals surface area contributed by atoms with E-state index in [1.807, 2.05) is 6.92 Å². The van der Waals surface area contributed by atoms with Crippen LogP contribution in [0, 0.1) is 0 Å². The lowest BCUT2D eigenvalue weighted by Gasteiger charge is -2.25. The van der Waals surface area contributed by atoms with E-state index < -0.39 is 17.7 Å². The van der Waals surface area contributed by atoms with Crippen LogP contribution in [0.1, 0.15) is 30.5 Å². The summed E-state index contributed by atoms with van der Waals surface area (Å²) in [6.45, 7) is 2.26. The van der Waals surface area contributed by atoms with Gasteiger partial charge in [0.25, 0.3) is 11.7 Å². The maximum atomic E-state index is 12.7. The molecule has 1 unspecified atom stereocenters. The third-order valence-electron chi connectivity index (χ3n) is 4.29. The molecule has 3 rings (SSSR count). The third-order valence-corrected chi connectivity index (χ3v) is 4.52. The van der Waals surface area contributed by atoms with Crippen molar-refractivity contribution in [2.45, 2.75) is 19.4 Å². The maximum Gasteiger partial charge on any atom is 0.295 e. The van der Waals surface area contributed by atoms with E-state index in [9.17, 15) is 19.8 Å². The summed E-state index contributed by atoms with van der Waals surface area (Å²) in [5.41, 5.74) is 0.912. The van der Waals surface area contributed by atoms with Crippen molar-refractivity contribution in [3.63, 3.8) is 0 Å². The average molecular weight is 372 g/mol. The number of benzene rings is 2. The molecule has 134 valence electrons. The number of halogens is 1. The van der Waals surface area contributed by atoms with Crippen LogP contribution in [-0.4, -0.2) is 33.3 Å². The van der Waals surface area contributed by atoms with Crippen molar-refractivity contribution in [1.29, 1.82) is 0 Å². The molecule has 2 aromatic carbocycles. The number of ketones is 1. The molecule has 6 heteroatoms. The van der Waals surface area contributed by atoms with Gasteiger partial charge in [0.2, 0.25) is 0 Å². The number of phenols is 1. The lowest BCUT2D eigenvalue weighted by molar-refractivity contribution is -0.139. The first kappa shape index (κ1) is 18.0. The second kappa shape index (κ2) is 7.22. The Balaban J connectivity index is 2.21. The van der Waals surface area contributed by atoms with Crippen molar-refractivity contribution < 1.29 is 19.8 Å². The molecule has 0 bridgehead atoms. The van der Waals surface area contributed by atoms with Crippen molar-refractivity contribution in [3.8, 4) is 5.75 Å². The largest absolute Gasteiger partial charge is 0.508 e. The molecule has 0 aliphatic carbocycles. The lowest BCUT2D eigenvalue weighted by Crippen LogP contribution is -2.30. The van der Waals surface area contributed by atoms with Gasteiger partial charge >= 0.3 is 0 Å². The van der Waals surface area contributed by atoms with Crippen LogP contribution in [0.4, 0.5) is 0 Å². The van der Waals surface area contributed by atoms with Gasteiger partial charge in [-0.3, -0.25) is 9.59 Å². The smallest absolute Gasteiger partial charge is 0.295 e. The van der Waals surface area contributed by atoms with Crippen molar-refractivity contribution in [2.24, 2.45) is 0 Å². The van der Waals surface area contributed by atoms with Gasteiger partial charge in [-0.2, -0.15) is 0 Å². The molecule has 2 aromatic rings. The van der Waals surface area contributed by atoms with Crippen LogP contribution in [0.3, 0.4) is 0 Å². The number of hydrogen-bond acceptors (Lipinski definition) is 4. The van der Waals surface area contributed by atoms with Crippen LogP contribution in [-0.2, 0) is 9.59 Å². The van der Waals surface area contributed by atoms with Gasteiger partial charge in [0, 0.05) is 17.1 Å². The first-order chi connectivity index (χ1) is 12.4. The summed E-state index contributed by atoms with van der Waals surface area (Å²) in [5.74, 6) is -1.67. The Kier molecular flexibility index (Phi) is 5.00. The highest BCUT2D eigenvalue weighted by molar-refractivity contribution is 6.46. The van der Waals surface area contributed by atoms with Crippen LogP contribution in [0.2, 0.25) is 5.02 Å². The van der Waals surface area contributed by atoms with Gasteiger partial charge in [-0.25, -0.2) is 0 Å². The average Bonchev–Trinajstić information content (AvgIpc) is 2.86. The quantitative estimate of drug-likeness (QED) is 0.485. The highest BCUT2D eigenvalue weighted by Gasteiger charge is 2.45. The highest BCUT2D eigenvalue weighted by atomic mass is 35.5. The Bertz CT molecular complexity index is 906. The van der Waals surface area contributed by atoms with E-state index in [1.165, 1.54) is 23.1 Å². The fourth-order valence-electron chi connectivity index (χ4n) is 3.18. The minimum absolute atomic E-state index is 0.00341. The number of carbonyl (C=O) groups is 2. The van der Waals surface area contributed by atoms with Crippen LogP contribution >= 0.6 is 11.6 Å². The van der Waals surface area contributed by atoms with Gasteiger partial charge in [-0.05, 0) is 36.2 Å². The standard InChI is InChI=1S/C20H18ClNO4/c1-2-9-22-17(12-5-4-8-15(23)11-12)16(19(25)20(22)26)18(24)13-6-3-7-14(21)10-13/h3-8,10-11,17,23-24H,2,9H2,1H3/b18-16-. The van der Waals surface area contributed by atoms with Gasteiger partial charge in [0.05, 0.1) is 11.6 Å². The second-order valence-electron chi connectivity index (χ2n) is 6.10. The van der Waals surface area contributed by atoms with Gasteiger partial charge in [-0.15, -0.1) is 0 Å². The Labute approximate surface area is 156 Å². The number of rotatable bonds is 4. The predicted octanol–water partition coefficient (Wildman–Crippen LogP) is 3.88. The van der Waals surface area contributed by atoms with Crippen LogP contribution in [0.15, 0.2) is 54.1 Å². The molecule has 1 saturated heterocycles. The molecule has 0 spiro atoms. The molecule has 1 heterocycles. The number of phenolic OH excluding ortho intramolecular Hbond substituents is 1. The molecule has 1 aliphatic heterocycles. The number of Topliss-reactive ketones (excluding diaryl/α,β-unsaturated/α-hetero) is 1. The first-order valence-corrected chi connectivity index (χ1v) is 8.65. The molecule has 1 atom stereocenters. The number of nitrogens with zero attached hydrogens (tertiary/aromatic N) is 1. The summed E-state index contributed by atoms with van der Waals surface area (Å²) in [5, 5.41) is 21.0. The zero-order valence-electron chi connectivity index (χ0n) is 14.1. The number of likely N-dealkylation sites (tertiary alicyclic amines) is 1. The van der Waals surface area contributed by atoms with Gasteiger partial charge in [-0.1, -0.05) is 42.8 Å². The van der Waals surface area contributed by atoms with Crippen molar-refractivity contribution in [2.75, 3.05) is 6.54 Å². The fraction of sp³-hybridized carbons (Fsp3) is 0.200. The molecule has 1 amide bonds. The van der Waals surface area contributed by atoms with Gasteiger partial charge in [0.15, 0.2) is 0 Å². The number of carbonyl (C=O) groups excluding carboxylic acids is 2. The summed E-state index contributed by atoms with van der Waals surface area (Å²) in [6.07, 6.45) is 0.652. The third kappa shape index (κ3) is 3.18. The Morgan fingerprint density at radius 2 is 1.88 bits per heavy atom.